The molecule has 0 unspecified atom stereocenters. The third kappa shape index (κ3) is 3.41. The molecule has 144 valence electrons. The van der Waals surface area contributed by atoms with E-state index in [0.29, 0.717) is 24.1 Å². The molecule has 0 bridgehead atoms. The third-order valence-electron chi connectivity index (χ3n) is 5.35. The van der Waals surface area contributed by atoms with Crippen LogP contribution in [0.4, 0.5) is 11.6 Å². The molecule has 4 rings (SSSR count). The Morgan fingerprint density at radius 3 is 2.63 bits per heavy atom. The van der Waals surface area contributed by atoms with Crippen molar-refractivity contribution >= 4 is 11.6 Å². The van der Waals surface area contributed by atoms with E-state index in [1.54, 1.807) is 19.4 Å². The highest BCUT2D eigenvalue weighted by Gasteiger charge is 2.27. The van der Waals surface area contributed by atoms with Crippen molar-refractivity contribution in [2.75, 3.05) is 23.3 Å². The van der Waals surface area contributed by atoms with E-state index in [1.165, 1.54) is 24.1 Å². The summed E-state index contributed by atoms with van der Waals surface area (Å²) in [5.41, 5.74) is -0.617. The lowest BCUT2D eigenvalue weighted by Gasteiger charge is -2.27. The van der Waals surface area contributed by atoms with Crippen molar-refractivity contribution in [1.82, 2.24) is 19.1 Å². The van der Waals surface area contributed by atoms with E-state index in [-0.39, 0.29) is 23.4 Å². The van der Waals surface area contributed by atoms with E-state index in [2.05, 4.69) is 15.3 Å². The number of ether oxygens (including phenoxy) is 1. The predicted molar refractivity (Wildman–Crippen MR) is 101 cm³/mol. The standard InChI is InChI=1S/C18H24N6O3/c1-22-14(10-15(25)23(2)18(22)26)24-9-6-12(11-24)21-16-17(20-8-7-19-16)27-13-4-3-5-13/h7-8,10,12-13H,3-6,9,11H2,1-2H3,(H,19,21)/t12-/m0/s1. The minimum absolute atomic E-state index is 0.129. The maximum atomic E-state index is 12.2. The highest BCUT2D eigenvalue weighted by molar-refractivity contribution is 5.48. The van der Waals surface area contributed by atoms with Crippen molar-refractivity contribution < 1.29 is 4.74 Å². The number of aromatic nitrogens is 4. The smallest absolute Gasteiger partial charge is 0.332 e. The average Bonchev–Trinajstić information content (AvgIpc) is 3.09. The van der Waals surface area contributed by atoms with E-state index < -0.39 is 0 Å². The van der Waals surface area contributed by atoms with Gasteiger partial charge in [0.15, 0.2) is 5.82 Å². The molecule has 9 heteroatoms. The van der Waals surface area contributed by atoms with Gasteiger partial charge in [-0.25, -0.2) is 14.8 Å². The van der Waals surface area contributed by atoms with E-state index in [9.17, 15) is 9.59 Å². The van der Waals surface area contributed by atoms with Gasteiger partial charge >= 0.3 is 5.69 Å². The molecule has 2 aromatic rings. The van der Waals surface area contributed by atoms with Crippen LogP contribution in [0.3, 0.4) is 0 Å². The van der Waals surface area contributed by atoms with Crippen LogP contribution in [-0.2, 0) is 14.1 Å². The zero-order valence-electron chi connectivity index (χ0n) is 15.6. The summed E-state index contributed by atoms with van der Waals surface area (Å²) >= 11 is 0. The minimum Gasteiger partial charge on any atom is -0.472 e. The summed E-state index contributed by atoms with van der Waals surface area (Å²) < 4.78 is 8.55. The lowest BCUT2D eigenvalue weighted by atomic mass is 9.96. The number of nitrogens with zero attached hydrogens (tertiary/aromatic N) is 5. The van der Waals surface area contributed by atoms with Crippen molar-refractivity contribution in [2.45, 2.75) is 37.8 Å². The van der Waals surface area contributed by atoms with Gasteiger partial charge in [-0.05, 0) is 25.7 Å². The molecular formula is C18H24N6O3. The fourth-order valence-electron chi connectivity index (χ4n) is 3.46. The summed E-state index contributed by atoms with van der Waals surface area (Å²) in [6.07, 6.45) is 7.69. The Hall–Kier alpha value is -2.84. The quantitative estimate of drug-likeness (QED) is 0.816. The van der Waals surface area contributed by atoms with Gasteiger partial charge in [0.2, 0.25) is 0 Å². The Kier molecular flexibility index (Phi) is 4.59. The zero-order chi connectivity index (χ0) is 19.0. The monoisotopic (exact) mass is 372 g/mol. The van der Waals surface area contributed by atoms with Crippen LogP contribution in [0.1, 0.15) is 25.7 Å². The van der Waals surface area contributed by atoms with Crippen LogP contribution < -0.4 is 26.2 Å². The first-order valence-corrected chi connectivity index (χ1v) is 9.29. The molecule has 9 nitrogen and oxygen atoms in total. The number of hydrogen-bond acceptors (Lipinski definition) is 7. The molecule has 1 N–H and O–H groups in total. The van der Waals surface area contributed by atoms with Gasteiger partial charge in [0.05, 0.1) is 0 Å². The fourth-order valence-corrected chi connectivity index (χ4v) is 3.46. The summed E-state index contributed by atoms with van der Waals surface area (Å²) in [5, 5.41) is 3.41. The second kappa shape index (κ2) is 7.05. The second-order valence-corrected chi connectivity index (χ2v) is 7.20. The number of anilines is 2. The molecule has 0 radical (unpaired) electrons. The third-order valence-corrected chi connectivity index (χ3v) is 5.35. The van der Waals surface area contributed by atoms with Gasteiger partial charge in [0, 0.05) is 51.7 Å². The molecule has 2 fully saturated rings. The molecule has 0 amide bonds. The van der Waals surface area contributed by atoms with Crippen molar-refractivity contribution in [3.05, 3.63) is 39.3 Å². The van der Waals surface area contributed by atoms with E-state index in [1.807, 2.05) is 4.90 Å². The Balaban J connectivity index is 1.48. The van der Waals surface area contributed by atoms with Crippen molar-refractivity contribution in [3.63, 3.8) is 0 Å². The molecule has 1 saturated carbocycles. The van der Waals surface area contributed by atoms with E-state index >= 15 is 0 Å². The first-order valence-electron chi connectivity index (χ1n) is 9.29. The van der Waals surface area contributed by atoms with Crippen molar-refractivity contribution in [2.24, 2.45) is 14.1 Å². The maximum absolute atomic E-state index is 12.2. The molecular weight excluding hydrogens is 348 g/mol. The zero-order valence-corrected chi connectivity index (χ0v) is 15.6. The Labute approximate surface area is 156 Å². The minimum atomic E-state index is -0.320. The van der Waals surface area contributed by atoms with Crippen molar-refractivity contribution in [1.29, 1.82) is 0 Å². The predicted octanol–water partition coefficient (Wildman–Crippen LogP) is 0.496. The summed E-state index contributed by atoms with van der Waals surface area (Å²) in [6, 6.07) is 1.64. The van der Waals surface area contributed by atoms with Gasteiger partial charge in [0.25, 0.3) is 11.4 Å². The lowest BCUT2D eigenvalue weighted by molar-refractivity contribution is 0.115. The van der Waals surface area contributed by atoms with Gasteiger partial charge in [-0.3, -0.25) is 13.9 Å². The molecule has 2 aliphatic rings. The Bertz CT molecular complexity index is 949. The molecule has 2 aromatic heterocycles. The number of rotatable bonds is 5. The van der Waals surface area contributed by atoms with Gasteiger partial charge in [-0.1, -0.05) is 0 Å². The van der Waals surface area contributed by atoms with Gasteiger partial charge in [0.1, 0.15) is 11.9 Å². The molecule has 1 aliphatic heterocycles. The largest absolute Gasteiger partial charge is 0.472 e. The summed E-state index contributed by atoms with van der Waals surface area (Å²) in [5.74, 6) is 1.83. The highest BCUT2D eigenvalue weighted by Crippen LogP contribution is 2.28. The average molecular weight is 372 g/mol. The van der Waals surface area contributed by atoms with Crippen LogP contribution in [0, 0.1) is 0 Å². The molecule has 27 heavy (non-hydrogen) atoms. The van der Waals surface area contributed by atoms with Crippen LogP contribution in [0.5, 0.6) is 5.88 Å². The topological polar surface area (TPSA) is 94.3 Å². The van der Waals surface area contributed by atoms with Gasteiger partial charge < -0.3 is 15.0 Å². The molecule has 1 atom stereocenters. The second-order valence-electron chi connectivity index (χ2n) is 7.20. The lowest BCUT2D eigenvalue weighted by Crippen LogP contribution is -2.40. The molecule has 0 aromatic carbocycles. The maximum Gasteiger partial charge on any atom is 0.332 e. The van der Waals surface area contributed by atoms with Gasteiger partial charge in [-0.2, -0.15) is 0 Å². The molecule has 3 heterocycles. The highest BCUT2D eigenvalue weighted by atomic mass is 16.5. The first-order chi connectivity index (χ1) is 13.0. The normalized spacial score (nSPS) is 19.8. The van der Waals surface area contributed by atoms with Crippen LogP contribution in [-0.4, -0.2) is 44.3 Å². The number of nitrogens with one attached hydrogen (secondary N) is 1. The first kappa shape index (κ1) is 17.6. The van der Waals surface area contributed by atoms with Crippen LogP contribution in [0.2, 0.25) is 0 Å². The Morgan fingerprint density at radius 2 is 1.89 bits per heavy atom. The number of hydrogen-bond donors (Lipinski definition) is 1. The van der Waals surface area contributed by atoms with Crippen LogP contribution >= 0.6 is 0 Å². The summed E-state index contributed by atoms with van der Waals surface area (Å²) in [6.45, 7) is 1.41. The van der Waals surface area contributed by atoms with Gasteiger partial charge in [-0.15, -0.1) is 0 Å². The van der Waals surface area contributed by atoms with E-state index in [4.69, 9.17) is 4.74 Å². The fraction of sp³-hybridized carbons (Fsp3) is 0.556. The summed E-state index contributed by atoms with van der Waals surface area (Å²) in [7, 11) is 3.17. The Morgan fingerprint density at radius 1 is 1.11 bits per heavy atom. The molecule has 0 spiro atoms. The van der Waals surface area contributed by atoms with Crippen LogP contribution in [0.15, 0.2) is 28.0 Å². The summed E-state index contributed by atoms with van der Waals surface area (Å²) in [4.78, 5) is 34.9. The van der Waals surface area contributed by atoms with Crippen molar-refractivity contribution in [3.8, 4) is 5.88 Å². The molecule has 1 aliphatic carbocycles. The van der Waals surface area contributed by atoms with Crippen LogP contribution in [0.25, 0.3) is 0 Å². The molecule has 1 saturated heterocycles. The van der Waals surface area contributed by atoms with E-state index in [0.717, 1.165) is 30.4 Å². The SMILES string of the molecule is Cn1c(N2CC[C@H](Nc3nccnc3OC3CCC3)C2)cc(=O)n(C)c1=O.